The Hall–Kier alpha value is -3.78. The van der Waals surface area contributed by atoms with Crippen molar-refractivity contribution >= 4 is 27.9 Å². The molecule has 0 amide bonds. The van der Waals surface area contributed by atoms with Gasteiger partial charge in [-0.05, 0) is 53.6 Å². The molecule has 1 aliphatic rings. The molecular formula is C23H18N2O5S. The molecule has 4 rings (SSSR count). The number of carbonyl (C=O) groups excluding carboxylic acids is 2. The molecule has 156 valence electrons. The van der Waals surface area contributed by atoms with Gasteiger partial charge in [0.15, 0.2) is 0 Å². The normalized spacial score (nSPS) is 16.1. The van der Waals surface area contributed by atoms with Crippen LogP contribution in [0.15, 0.2) is 83.6 Å². The molecule has 0 saturated carbocycles. The van der Waals surface area contributed by atoms with E-state index in [-0.39, 0.29) is 22.7 Å². The van der Waals surface area contributed by atoms with E-state index in [2.05, 4.69) is 4.98 Å². The Morgan fingerprint density at radius 3 is 2.39 bits per heavy atom. The van der Waals surface area contributed by atoms with E-state index >= 15 is 0 Å². The van der Waals surface area contributed by atoms with Gasteiger partial charge in [-0.25, -0.2) is 13.2 Å². The molecule has 0 fully saturated rings. The Morgan fingerprint density at radius 2 is 1.71 bits per heavy atom. The highest BCUT2D eigenvalue weighted by atomic mass is 32.2. The molecule has 1 aromatic heterocycles. The summed E-state index contributed by atoms with van der Waals surface area (Å²) in [6, 6.07) is 15.9. The van der Waals surface area contributed by atoms with Crippen LogP contribution in [0.2, 0.25) is 0 Å². The van der Waals surface area contributed by atoms with Crippen LogP contribution in [-0.2, 0) is 21.3 Å². The van der Waals surface area contributed by atoms with Crippen LogP contribution in [-0.4, -0.2) is 36.6 Å². The van der Waals surface area contributed by atoms with Gasteiger partial charge in [0.25, 0.3) is 10.0 Å². The standard InChI is InChI=1S/C23H18N2O5S/c1-30-23(27)18-8-6-16(7-9-18)14-20-22(26)19-4-2-3-5-21(19)31(28,29)25(20)15-17-10-12-24-13-11-17/h2-14H,15H2,1H3/b20-14+. The number of aromatic nitrogens is 1. The molecule has 3 aromatic rings. The van der Waals surface area contributed by atoms with E-state index in [0.29, 0.717) is 16.7 Å². The molecule has 0 atom stereocenters. The summed E-state index contributed by atoms with van der Waals surface area (Å²) in [5.74, 6) is -0.875. The number of ketones is 1. The quantitative estimate of drug-likeness (QED) is 0.462. The van der Waals surface area contributed by atoms with Crippen molar-refractivity contribution in [1.29, 1.82) is 0 Å². The number of sulfonamides is 1. The number of carbonyl (C=O) groups is 2. The van der Waals surface area contributed by atoms with Crippen molar-refractivity contribution in [2.75, 3.05) is 7.11 Å². The third-order valence-corrected chi connectivity index (χ3v) is 6.73. The number of allylic oxidation sites excluding steroid dienone is 1. The average Bonchev–Trinajstić information content (AvgIpc) is 2.80. The summed E-state index contributed by atoms with van der Waals surface area (Å²) >= 11 is 0. The van der Waals surface area contributed by atoms with E-state index in [1.165, 1.54) is 25.3 Å². The van der Waals surface area contributed by atoms with E-state index < -0.39 is 21.8 Å². The van der Waals surface area contributed by atoms with Crippen LogP contribution in [0.4, 0.5) is 0 Å². The van der Waals surface area contributed by atoms with Crippen LogP contribution in [0.3, 0.4) is 0 Å². The molecule has 0 unspecified atom stereocenters. The van der Waals surface area contributed by atoms with Crippen molar-refractivity contribution in [2.24, 2.45) is 0 Å². The number of hydrogen-bond donors (Lipinski definition) is 0. The molecule has 2 aromatic carbocycles. The number of esters is 1. The molecule has 31 heavy (non-hydrogen) atoms. The number of Topliss-reactive ketones (excluding diaryl/α,β-unsaturated/α-hetero) is 1. The molecular weight excluding hydrogens is 416 g/mol. The molecule has 7 nitrogen and oxygen atoms in total. The van der Waals surface area contributed by atoms with E-state index in [1.54, 1.807) is 60.9 Å². The van der Waals surface area contributed by atoms with Crippen molar-refractivity contribution in [3.8, 4) is 0 Å². The van der Waals surface area contributed by atoms with Crippen molar-refractivity contribution in [2.45, 2.75) is 11.4 Å². The lowest BCUT2D eigenvalue weighted by Gasteiger charge is -2.31. The first-order valence-electron chi connectivity index (χ1n) is 9.37. The number of nitrogens with zero attached hydrogens (tertiary/aromatic N) is 2. The highest BCUT2D eigenvalue weighted by Crippen LogP contribution is 2.34. The smallest absolute Gasteiger partial charge is 0.337 e. The van der Waals surface area contributed by atoms with Crippen molar-refractivity contribution in [3.63, 3.8) is 0 Å². The lowest BCUT2D eigenvalue weighted by Crippen LogP contribution is -2.38. The maximum atomic E-state index is 13.4. The SMILES string of the molecule is COC(=O)c1ccc(/C=C2\C(=O)c3ccccc3S(=O)(=O)N2Cc2ccncc2)cc1. The highest BCUT2D eigenvalue weighted by Gasteiger charge is 2.39. The van der Waals surface area contributed by atoms with Gasteiger partial charge in [-0.1, -0.05) is 24.3 Å². The fourth-order valence-electron chi connectivity index (χ4n) is 3.33. The minimum atomic E-state index is -3.96. The number of pyridine rings is 1. The largest absolute Gasteiger partial charge is 0.465 e. The fraction of sp³-hybridized carbons (Fsp3) is 0.0870. The monoisotopic (exact) mass is 434 g/mol. The summed E-state index contributed by atoms with van der Waals surface area (Å²) in [6.45, 7) is -0.0169. The zero-order chi connectivity index (χ0) is 22.0. The summed E-state index contributed by atoms with van der Waals surface area (Å²) in [7, 11) is -2.67. The van der Waals surface area contributed by atoms with Gasteiger partial charge in [-0.15, -0.1) is 0 Å². The molecule has 0 spiro atoms. The summed E-state index contributed by atoms with van der Waals surface area (Å²) < 4.78 is 32.6. The van der Waals surface area contributed by atoms with E-state index in [0.717, 1.165) is 4.31 Å². The molecule has 0 radical (unpaired) electrons. The lowest BCUT2D eigenvalue weighted by molar-refractivity contribution is 0.0600. The Bertz CT molecular complexity index is 1280. The molecule has 2 heterocycles. The molecule has 0 bridgehead atoms. The van der Waals surface area contributed by atoms with Crippen molar-refractivity contribution < 1.29 is 22.7 Å². The van der Waals surface area contributed by atoms with Gasteiger partial charge in [0.1, 0.15) is 5.70 Å². The second-order valence-electron chi connectivity index (χ2n) is 6.84. The number of hydrogen-bond acceptors (Lipinski definition) is 6. The zero-order valence-corrected chi connectivity index (χ0v) is 17.4. The minimum absolute atomic E-state index is 0.0169. The van der Waals surface area contributed by atoms with Crippen molar-refractivity contribution in [3.05, 3.63) is 101 Å². The van der Waals surface area contributed by atoms with Gasteiger partial charge >= 0.3 is 5.97 Å². The lowest BCUT2D eigenvalue weighted by atomic mass is 10.0. The number of fused-ring (bicyclic) bond motifs is 1. The van der Waals surface area contributed by atoms with E-state index in [1.807, 2.05) is 0 Å². The van der Waals surface area contributed by atoms with Crippen LogP contribution >= 0.6 is 0 Å². The number of benzene rings is 2. The van der Waals surface area contributed by atoms with Crippen LogP contribution in [0.1, 0.15) is 31.8 Å². The predicted molar refractivity (Wildman–Crippen MR) is 113 cm³/mol. The summed E-state index contributed by atoms with van der Waals surface area (Å²) in [6.07, 6.45) is 4.64. The van der Waals surface area contributed by atoms with Crippen molar-refractivity contribution in [1.82, 2.24) is 9.29 Å². The van der Waals surface area contributed by atoms with Gasteiger partial charge in [0.2, 0.25) is 5.78 Å². The number of methoxy groups -OCH3 is 1. The summed E-state index contributed by atoms with van der Waals surface area (Å²) in [4.78, 5) is 28.9. The third-order valence-electron chi connectivity index (χ3n) is 4.91. The summed E-state index contributed by atoms with van der Waals surface area (Å²) in [5, 5.41) is 0. The molecule has 0 N–H and O–H groups in total. The predicted octanol–water partition coefficient (Wildman–Crippen LogP) is 3.30. The van der Waals surface area contributed by atoms with Gasteiger partial charge in [-0.3, -0.25) is 14.1 Å². The molecule has 1 aliphatic heterocycles. The maximum Gasteiger partial charge on any atom is 0.337 e. The first-order chi connectivity index (χ1) is 14.9. The van der Waals surface area contributed by atoms with E-state index in [4.69, 9.17) is 4.74 Å². The first-order valence-corrected chi connectivity index (χ1v) is 10.8. The van der Waals surface area contributed by atoms with Crippen LogP contribution < -0.4 is 0 Å². The molecule has 0 aliphatic carbocycles. The molecule has 8 heteroatoms. The Labute approximate surface area is 179 Å². The minimum Gasteiger partial charge on any atom is -0.465 e. The zero-order valence-electron chi connectivity index (χ0n) is 16.6. The maximum absolute atomic E-state index is 13.4. The number of rotatable bonds is 4. The Balaban J connectivity index is 1.83. The summed E-state index contributed by atoms with van der Waals surface area (Å²) in [5.41, 5.74) is 1.78. The van der Waals surface area contributed by atoms with Gasteiger partial charge < -0.3 is 4.74 Å². The van der Waals surface area contributed by atoms with Crippen LogP contribution in [0, 0.1) is 0 Å². The number of ether oxygens (including phenoxy) is 1. The Kier molecular flexibility index (Phi) is 5.39. The van der Waals surface area contributed by atoms with Crippen LogP contribution in [0.25, 0.3) is 6.08 Å². The van der Waals surface area contributed by atoms with Gasteiger partial charge in [-0.2, -0.15) is 0 Å². The second-order valence-corrected chi connectivity index (χ2v) is 8.67. The van der Waals surface area contributed by atoms with Crippen LogP contribution in [0.5, 0.6) is 0 Å². The highest BCUT2D eigenvalue weighted by molar-refractivity contribution is 7.89. The second kappa shape index (κ2) is 8.16. The van der Waals surface area contributed by atoms with Gasteiger partial charge in [0.05, 0.1) is 24.1 Å². The van der Waals surface area contributed by atoms with Gasteiger partial charge in [0, 0.05) is 18.0 Å². The first kappa shape index (κ1) is 20.5. The fourth-order valence-corrected chi connectivity index (χ4v) is 4.97. The topological polar surface area (TPSA) is 93.6 Å². The Morgan fingerprint density at radius 1 is 1.03 bits per heavy atom. The third kappa shape index (κ3) is 3.85. The molecule has 0 saturated heterocycles. The average molecular weight is 434 g/mol. The van der Waals surface area contributed by atoms with E-state index in [9.17, 15) is 18.0 Å².